The minimum atomic E-state index is -2.14. The van der Waals surface area contributed by atoms with E-state index in [2.05, 4.69) is 233 Å². The maximum absolute atomic E-state index is 7.15. The zero-order valence-electron chi connectivity index (χ0n) is 32.5. The molecule has 0 amide bonds. The van der Waals surface area contributed by atoms with Gasteiger partial charge in [-0.15, -0.1) is 0 Å². The molecule has 60 heavy (non-hydrogen) atoms. The summed E-state index contributed by atoms with van der Waals surface area (Å²) in [6.45, 7) is 0. The SMILES string of the molecule is c1ccc(N(c2ccccc2)c2cc[c]3c(c2)Oc2cc(-n4c5ccccc5c5ccccc54)cc4[c]2[Al]3[c]2ccc(N(c3ccccc3)c3ccccc3)cc2O4)cc1. The van der Waals surface area contributed by atoms with E-state index in [1.165, 1.54) is 24.0 Å². The number of rotatable bonds is 7. The minimum absolute atomic E-state index is 0.849. The van der Waals surface area contributed by atoms with E-state index in [0.29, 0.717) is 0 Å². The molecule has 0 N–H and O–H groups in total. The fraction of sp³-hybridized carbons (Fsp3) is 0. The van der Waals surface area contributed by atoms with Crippen LogP contribution in [0.1, 0.15) is 0 Å². The van der Waals surface area contributed by atoms with E-state index in [4.69, 9.17) is 9.47 Å². The molecule has 0 atom stereocenters. The Labute approximate surface area is 352 Å². The molecule has 12 rings (SSSR count). The Morgan fingerprint density at radius 2 is 0.700 bits per heavy atom. The lowest BCUT2D eigenvalue weighted by Crippen LogP contribution is -2.57. The molecule has 6 heteroatoms. The number of anilines is 6. The summed E-state index contributed by atoms with van der Waals surface area (Å²) in [5.74, 6) is 3.46. The average Bonchev–Trinajstić information content (AvgIpc) is 3.65. The van der Waals surface area contributed by atoms with Gasteiger partial charge in [-0.2, -0.15) is 0 Å². The molecule has 5 nitrogen and oxygen atoms in total. The van der Waals surface area contributed by atoms with Crippen LogP contribution < -0.4 is 32.5 Å². The van der Waals surface area contributed by atoms with E-state index in [-0.39, 0.29) is 0 Å². The van der Waals surface area contributed by atoms with Crippen LogP contribution in [0.4, 0.5) is 34.1 Å². The lowest BCUT2D eigenvalue weighted by molar-refractivity contribution is 0.464. The number of hydrogen-bond acceptors (Lipinski definition) is 4. The first-order chi connectivity index (χ1) is 29.8. The van der Waals surface area contributed by atoms with Crippen molar-refractivity contribution in [2.24, 2.45) is 0 Å². The Balaban J connectivity index is 1.07. The van der Waals surface area contributed by atoms with Crippen molar-refractivity contribution in [3.8, 4) is 28.7 Å². The van der Waals surface area contributed by atoms with Gasteiger partial charge in [0.2, 0.25) is 0 Å². The van der Waals surface area contributed by atoms with E-state index >= 15 is 0 Å². The normalized spacial score (nSPS) is 12.2. The highest BCUT2D eigenvalue weighted by molar-refractivity contribution is 6.98. The van der Waals surface area contributed by atoms with Crippen molar-refractivity contribution in [2.75, 3.05) is 9.80 Å². The van der Waals surface area contributed by atoms with Crippen LogP contribution in [0.2, 0.25) is 0 Å². The number of para-hydroxylation sites is 6. The molecule has 0 fully saturated rings. The highest BCUT2D eigenvalue weighted by atomic mass is 27.2. The molecule has 282 valence electrons. The van der Waals surface area contributed by atoms with Crippen LogP contribution in [0.25, 0.3) is 27.5 Å². The fourth-order valence-corrected chi connectivity index (χ4v) is 12.5. The third-order valence-electron chi connectivity index (χ3n) is 11.8. The van der Waals surface area contributed by atoms with Crippen molar-refractivity contribution >= 4 is 83.4 Å². The molecule has 10 aromatic rings. The molecule has 1 aromatic heterocycles. The molecule has 0 aliphatic carbocycles. The van der Waals surface area contributed by atoms with Gasteiger partial charge in [0.15, 0.2) is 0 Å². The Morgan fingerprint density at radius 1 is 0.333 bits per heavy atom. The summed E-state index contributed by atoms with van der Waals surface area (Å²) in [7, 11) is 0. The summed E-state index contributed by atoms with van der Waals surface area (Å²) >= 11 is -2.14. The van der Waals surface area contributed by atoms with Gasteiger partial charge >= 0.3 is 14.1 Å². The second-order valence-corrected chi connectivity index (χ2v) is 18.0. The minimum Gasteiger partial charge on any atom is -0.460 e. The molecule has 0 unspecified atom stereocenters. The van der Waals surface area contributed by atoms with Crippen LogP contribution >= 0.6 is 0 Å². The number of benzene rings is 9. The standard InChI is InChI=1S/C54H36N3O2.Al/c1-5-19-40(20-6-1)55(41-21-7-2-8-22-41)44-27-17-29-47(35-44)58-49-37-46(57-53-33-15-13-31-51(53)52-32-14-16-34-54(52)57)38-50(39-49)59-48-30-18-28-45(36-48)56(42-23-9-3-10-24-42)43-25-11-4-12-26-43;/h1-28,31-38H;. The van der Waals surface area contributed by atoms with Crippen LogP contribution in [0.15, 0.2) is 218 Å². The van der Waals surface area contributed by atoms with E-state index in [1.807, 2.05) is 0 Å². The first kappa shape index (κ1) is 34.5. The molecule has 2 aliphatic heterocycles. The van der Waals surface area contributed by atoms with Gasteiger partial charge in [-0.3, -0.25) is 0 Å². The van der Waals surface area contributed by atoms with Crippen LogP contribution in [0, 0.1) is 0 Å². The van der Waals surface area contributed by atoms with E-state index in [0.717, 1.165) is 73.8 Å². The quantitative estimate of drug-likeness (QED) is 0.151. The second-order valence-electron chi connectivity index (χ2n) is 15.3. The molecular weight excluding hydrogens is 750 g/mol. The van der Waals surface area contributed by atoms with E-state index in [9.17, 15) is 0 Å². The smallest absolute Gasteiger partial charge is 0.407 e. The van der Waals surface area contributed by atoms with Gasteiger partial charge in [0.1, 0.15) is 23.0 Å². The molecule has 0 saturated carbocycles. The fourth-order valence-electron chi connectivity index (χ4n) is 9.27. The van der Waals surface area contributed by atoms with Gasteiger partial charge in [-0.05, 0) is 77.2 Å². The van der Waals surface area contributed by atoms with Gasteiger partial charge in [0.05, 0.1) is 16.7 Å². The molecular formula is C54H36AlN3O2. The van der Waals surface area contributed by atoms with Gasteiger partial charge < -0.3 is 23.8 Å². The summed E-state index contributed by atoms with van der Waals surface area (Å²) in [6.07, 6.45) is 0. The maximum Gasteiger partial charge on any atom is 0.407 e. The highest BCUT2D eigenvalue weighted by Crippen LogP contribution is 2.43. The lowest BCUT2D eigenvalue weighted by Gasteiger charge is -2.35. The summed E-state index contributed by atoms with van der Waals surface area (Å²) in [4.78, 5) is 4.60. The molecule has 0 bridgehead atoms. The maximum atomic E-state index is 7.15. The van der Waals surface area contributed by atoms with Crippen molar-refractivity contribution in [2.45, 2.75) is 0 Å². The summed E-state index contributed by atoms with van der Waals surface area (Å²) in [5.41, 5.74) is 9.67. The first-order valence-electron chi connectivity index (χ1n) is 20.4. The largest absolute Gasteiger partial charge is 0.460 e. The highest BCUT2D eigenvalue weighted by Gasteiger charge is 2.43. The first-order valence-corrected chi connectivity index (χ1v) is 22.1. The van der Waals surface area contributed by atoms with Gasteiger partial charge in [-0.25, -0.2) is 0 Å². The molecule has 0 saturated heterocycles. The van der Waals surface area contributed by atoms with Crippen molar-refractivity contribution in [1.29, 1.82) is 0 Å². The van der Waals surface area contributed by atoms with Crippen molar-refractivity contribution in [3.05, 3.63) is 218 Å². The topological polar surface area (TPSA) is 29.9 Å². The average molecular weight is 786 g/mol. The summed E-state index contributed by atoms with van der Waals surface area (Å²) in [5, 5.41) is 2.42. The monoisotopic (exact) mass is 785 g/mol. The van der Waals surface area contributed by atoms with E-state index in [1.54, 1.807) is 0 Å². The van der Waals surface area contributed by atoms with Gasteiger partial charge in [-0.1, -0.05) is 130 Å². The molecule has 2 aliphatic rings. The Kier molecular flexibility index (Phi) is 8.12. The number of ether oxygens (including phenoxy) is 2. The Bertz CT molecular complexity index is 2940. The third-order valence-corrected chi connectivity index (χ3v) is 15.2. The predicted octanol–water partition coefficient (Wildman–Crippen LogP) is 12.5. The molecule has 3 heterocycles. The zero-order chi connectivity index (χ0) is 39.6. The van der Waals surface area contributed by atoms with Crippen molar-refractivity contribution < 1.29 is 9.47 Å². The molecule has 0 spiro atoms. The van der Waals surface area contributed by atoms with Crippen LogP contribution in [-0.4, -0.2) is 18.7 Å². The Morgan fingerprint density at radius 3 is 1.10 bits per heavy atom. The predicted molar refractivity (Wildman–Crippen MR) is 248 cm³/mol. The number of hydrogen-bond donors (Lipinski definition) is 0. The zero-order valence-corrected chi connectivity index (χ0v) is 33.7. The number of nitrogens with zero attached hydrogens (tertiary/aromatic N) is 3. The Hall–Kier alpha value is -7.49. The number of fused-ring (bicyclic) bond motifs is 7. The summed E-state index contributed by atoms with van der Waals surface area (Å²) in [6, 6.07) is 77.5. The second kappa shape index (κ2) is 14.1. The number of aromatic nitrogens is 1. The lowest BCUT2D eigenvalue weighted by atomic mass is 10.1. The van der Waals surface area contributed by atoms with Crippen LogP contribution in [0.3, 0.4) is 0 Å². The van der Waals surface area contributed by atoms with Crippen LogP contribution in [-0.2, 0) is 0 Å². The van der Waals surface area contributed by atoms with Crippen molar-refractivity contribution in [3.63, 3.8) is 0 Å². The van der Waals surface area contributed by atoms with Gasteiger partial charge in [0, 0.05) is 69.2 Å². The van der Waals surface area contributed by atoms with E-state index < -0.39 is 14.1 Å². The van der Waals surface area contributed by atoms with Crippen LogP contribution in [0.5, 0.6) is 23.0 Å². The van der Waals surface area contributed by atoms with Gasteiger partial charge in [0.25, 0.3) is 0 Å². The molecule has 9 aromatic carbocycles. The molecule has 0 radical (unpaired) electrons. The third kappa shape index (κ3) is 5.61. The van der Waals surface area contributed by atoms with Crippen molar-refractivity contribution in [1.82, 2.24) is 4.57 Å². The summed E-state index contributed by atoms with van der Waals surface area (Å²) < 4.78 is 20.3.